The van der Waals surface area contributed by atoms with Gasteiger partial charge in [0.25, 0.3) is 0 Å². The predicted molar refractivity (Wildman–Crippen MR) is 54.1 cm³/mol. The maximum atomic E-state index is 11.3. The molecule has 0 aliphatic heterocycles. The van der Waals surface area contributed by atoms with Gasteiger partial charge in [-0.1, -0.05) is 0 Å². The van der Waals surface area contributed by atoms with E-state index in [4.69, 9.17) is 10.5 Å². The summed E-state index contributed by atoms with van der Waals surface area (Å²) in [4.78, 5) is 22.3. The smallest absolute Gasteiger partial charge is 0.328 e. The highest BCUT2D eigenvalue weighted by Crippen LogP contribution is 1.96. The Morgan fingerprint density at radius 2 is 2.00 bits per heavy atom. The molecule has 0 heterocycles. The quantitative estimate of drug-likeness (QED) is 0.560. The molecule has 6 heteroatoms. The number of rotatable bonds is 6. The summed E-state index contributed by atoms with van der Waals surface area (Å²) in [6, 6.07) is -0.655. The second-order valence-corrected chi connectivity index (χ2v) is 3.11. The molecule has 0 bridgehead atoms. The minimum absolute atomic E-state index is 0.133. The average Bonchev–Trinajstić information content (AvgIpc) is 2.24. The third-order valence-electron chi connectivity index (χ3n) is 1.94. The summed E-state index contributed by atoms with van der Waals surface area (Å²) in [7, 11) is 2.75. The fourth-order valence-corrected chi connectivity index (χ4v) is 1.01. The molecule has 0 saturated carbocycles. The molecule has 0 spiro atoms. The minimum atomic E-state index is -0.655. The molecule has 0 saturated heterocycles. The molecule has 3 N–H and O–H groups in total. The molecule has 15 heavy (non-hydrogen) atoms. The third-order valence-corrected chi connectivity index (χ3v) is 1.94. The van der Waals surface area contributed by atoms with Crippen LogP contribution in [0.4, 0.5) is 0 Å². The van der Waals surface area contributed by atoms with Crippen molar-refractivity contribution in [3.63, 3.8) is 0 Å². The Bertz CT molecular complexity index is 216. The first-order valence-corrected chi connectivity index (χ1v) is 4.65. The van der Waals surface area contributed by atoms with E-state index in [1.807, 2.05) is 0 Å². The molecule has 1 amide bonds. The summed E-state index contributed by atoms with van der Waals surface area (Å²) < 4.78 is 9.40. The van der Waals surface area contributed by atoms with Crippen LogP contribution in [-0.2, 0) is 19.1 Å². The summed E-state index contributed by atoms with van der Waals surface area (Å²) in [6.07, 6.45) is -0.191. The number of esters is 1. The van der Waals surface area contributed by atoms with Gasteiger partial charge in [-0.05, 0) is 6.92 Å². The van der Waals surface area contributed by atoms with Crippen molar-refractivity contribution in [2.45, 2.75) is 25.5 Å². The van der Waals surface area contributed by atoms with Crippen LogP contribution in [0.25, 0.3) is 0 Å². The Labute approximate surface area is 89.1 Å². The summed E-state index contributed by atoms with van der Waals surface area (Å²) in [6.45, 7) is 1.81. The van der Waals surface area contributed by atoms with Gasteiger partial charge < -0.3 is 20.5 Å². The number of carbonyl (C=O) groups excluding carboxylic acids is 2. The van der Waals surface area contributed by atoms with Crippen LogP contribution < -0.4 is 11.1 Å². The van der Waals surface area contributed by atoms with Crippen LogP contribution in [0, 0.1) is 0 Å². The summed E-state index contributed by atoms with van der Waals surface area (Å²) in [5, 5.41) is 2.48. The van der Waals surface area contributed by atoms with Gasteiger partial charge in [0.15, 0.2) is 0 Å². The molecule has 0 aliphatic carbocycles. The van der Waals surface area contributed by atoms with Crippen LogP contribution in [0.5, 0.6) is 0 Å². The van der Waals surface area contributed by atoms with Crippen molar-refractivity contribution in [2.24, 2.45) is 5.73 Å². The van der Waals surface area contributed by atoms with Gasteiger partial charge in [0.05, 0.1) is 19.6 Å². The van der Waals surface area contributed by atoms with Crippen molar-refractivity contribution in [3.8, 4) is 0 Å². The van der Waals surface area contributed by atoms with Gasteiger partial charge in [0, 0.05) is 13.7 Å². The highest BCUT2D eigenvalue weighted by atomic mass is 16.5. The summed E-state index contributed by atoms with van der Waals surface area (Å²) in [5.41, 5.74) is 5.35. The highest BCUT2D eigenvalue weighted by molar-refractivity contribution is 5.84. The molecule has 0 aromatic carbocycles. The Hall–Kier alpha value is -1.14. The lowest BCUT2D eigenvalue weighted by Crippen LogP contribution is -2.41. The fraction of sp³-hybridized carbons (Fsp3) is 0.778. The first-order valence-electron chi connectivity index (χ1n) is 4.65. The van der Waals surface area contributed by atoms with Gasteiger partial charge in [-0.25, -0.2) is 4.79 Å². The van der Waals surface area contributed by atoms with Crippen LogP contribution in [0.2, 0.25) is 0 Å². The minimum Gasteiger partial charge on any atom is -0.467 e. The maximum Gasteiger partial charge on any atom is 0.328 e. The topological polar surface area (TPSA) is 90.7 Å². The lowest BCUT2D eigenvalue weighted by atomic mass is 10.2. The van der Waals surface area contributed by atoms with E-state index in [2.05, 4.69) is 10.1 Å². The van der Waals surface area contributed by atoms with E-state index in [0.717, 1.165) is 0 Å². The lowest BCUT2D eigenvalue weighted by molar-refractivity contribution is -0.144. The Morgan fingerprint density at radius 1 is 1.40 bits per heavy atom. The van der Waals surface area contributed by atoms with E-state index in [1.165, 1.54) is 14.2 Å². The van der Waals surface area contributed by atoms with Gasteiger partial charge in [-0.2, -0.15) is 0 Å². The zero-order chi connectivity index (χ0) is 11.8. The summed E-state index contributed by atoms with van der Waals surface area (Å²) in [5.74, 6) is -0.768. The zero-order valence-corrected chi connectivity index (χ0v) is 9.28. The fourth-order valence-electron chi connectivity index (χ4n) is 1.01. The number of amides is 1. The van der Waals surface area contributed by atoms with Crippen LogP contribution in [0.1, 0.15) is 13.3 Å². The number of ether oxygens (including phenoxy) is 2. The Balaban J connectivity index is 3.97. The average molecular weight is 218 g/mol. The molecule has 6 nitrogen and oxygen atoms in total. The number of methoxy groups -OCH3 is 2. The predicted octanol–water partition coefficient (Wildman–Crippen LogP) is -0.972. The second-order valence-electron chi connectivity index (χ2n) is 3.11. The van der Waals surface area contributed by atoms with Crippen LogP contribution in [0.15, 0.2) is 0 Å². The molecular formula is C9H18N2O4. The van der Waals surface area contributed by atoms with E-state index in [9.17, 15) is 9.59 Å². The SMILES string of the molecule is COC(=O)C(C)NC(=O)CC(CN)OC. The third kappa shape index (κ3) is 5.34. The van der Waals surface area contributed by atoms with Gasteiger partial charge in [0.2, 0.25) is 5.91 Å². The maximum absolute atomic E-state index is 11.3. The molecule has 2 atom stereocenters. The van der Waals surface area contributed by atoms with Crippen LogP contribution >= 0.6 is 0 Å². The number of nitrogens with two attached hydrogens (primary N) is 1. The van der Waals surface area contributed by atoms with E-state index in [1.54, 1.807) is 6.92 Å². The van der Waals surface area contributed by atoms with E-state index >= 15 is 0 Å². The highest BCUT2D eigenvalue weighted by Gasteiger charge is 2.18. The molecule has 0 radical (unpaired) electrons. The first kappa shape index (κ1) is 13.9. The van der Waals surface area contributed by atoms with E-state index in [-0.39, 0.29) is 25.0 Å². The van der Waals surface area contributed by atoms with Crippen molar-refractivity contribution in [3.05, 3.63) is 0 Å². The number of carbonyl (C=O) groups is 2. The molecule has 0 fully saturated rings. The molecule has 0 rings (SSSR count). The second kappa shape index (κ2) is 7.19. The molecule has 0 aliphatic rings. The number of hydrogen-bond acceptors (Lipinski definition) is 5. The zero-order valence-electron chi connectivity index (χ0n) is 9.28. The van der Waals surface area contributed by atoms with Crippen molar-refractivity contribution in [2.75, 3.05) is 20.8 Å². The summed E-state index contributed by atoms with van der Waals surface area (Å²) >= 11 is 0. The van der Waals surface area contributed by atoms with E-state index < -0.39 is 12.0 Å². The van der Waals surface area contributed by atoms with E-state index in [0.29, 0.717) is 0 Å². The monoisotopic (exact) mass is 218 g/mol. The van der Waals surface area contributed by atoms with Crippen molar-refractivity contribution >= 4 is 11.9 Å². The molecular weight excluding hydrogens is 200 g/mol. The van der Waals surface area contributed by atoms with Gasteiger partial charge in [-0.3, -0.25) is 4.79 Å². The molecule has 2 unspecified atom stereocenters. The van der Waals surface area contributed by atoms with Crippen molar-refractivity contribution in [1.29, 1.82) is 0 Å². The largest absolute Gasteiger partial charge is 0.467 e. The first-order chi connectivity index (χ1) is 7.04. The van der Waals surface area contributed by atoms with Crippen molar-refractivity contribution < 1.29 is 19.1 Å². The van der Waals surface area contributed by atoms with Gasteiger partial charge in [0.1, 0.15) is 6.04 Å². The van der Waals surface area contributed by atoms with Gasteiger partial charge >= 0.3 is 5.97 Å². The van der Waals surface area contributed by atoms with Crippen LogP contribution in [0.3, 0.4) is 0 Å². The normalized spacial score (nSPS) is 14.1. The Kier molecular flexibility index (Phi) is 6.64. The van der Waals surface area contributed by atoms with Crippen molar-refractivity contribution in [1.82, 2.24) is 5.32 Å². The molecule has 0 aromatic heterocycles. The van der Waals surface area contributed by atoms with Crippen LogP contribution in [-0.4, -0.2) is 44.8 Å². The molecule has 0 aromatic rings. The number of hydrogen-bond donors (Lipinski definition) is 2. The standard InChI is InChI=1S/C9H18N2O4/c1-6(9(13)15-3)11-8(12)4-7(5-10)14-2/h6-7H,4-5,10H2,1-3H3,(H,11,12). The Morgan fingerprint density at radius 3 is 2.40 bits per heavy atom. The molecule has 88 valence electrons. The van der Waals surface area contributed by atoms with Gasteiger partial charge in [-0.15, -0.1) is 0 Å². The lowest BCUT2D eigenvalue weighted by Gasteiger charge is -2.15. The number of nitrogens with one attached hydrogen (secondary N) is 1.